The fourth-order valence-electron chi connectivity index (χ4n) is 6.43. The summed E-state index contributed by atoms with van der Waals surface area (Å²) in [5, 5.41) is 15.8. The second kappa shape index (κ2) is 6.08. The summed E-state index contributed by atoms with van der Waals surface area (Å²) in [6, 6.07) is 7.13. The van der Waals surface area contributed by atoms with Gasteiger partial charge >= 0.3 is 0 Å². The van der Waals surface area contributed by atoms with E-state index in [1.807, 2.05) is 12.1 Å². The Balaban J connectivity index is 1.20. The maximum Gasteiger partial charge on any atom is 0.270 e. The summed E-state index contributed by atoms with van der Waals surface area (Å²) in [7, 11) is 0. The Labute approximate surface area is 153 Å². The molecule has 26 heavy (non-hydrogen) atoms. The second-order valence-electron chi connectivity index (χ2n) is 8.99. The number of nitro benzene ring substituents is 1. The smallest absolute Gasteiger partial charge is 0.270 e. The number of aromatic nitrogens is 1. The number of nitrogens with zero attached hydrogens (tertiary/aromatic N) is 2. The van der Waals surface area contributed by atoms with Crippen molar-refractivity contribution < 1.29 is 4.92 Å². The Morgan fingerprint density at radius 2 is 1.81 bits per heavy atom. The first-order chi connectivity index (χ1) is 12.6. The summed E-state index contributed by atoms with van der Waals surface area (Å²) in [5.74, 6) is 2.95. The third-order valence-electron chi connectivity index (χ3n) is 7.08. The number of non-ortho nitro benzene ring substituents is 1. The van der Waals surface area contributed by atoms with Gasteiger partial charge in [-0.3, -0.25) is 10.1 Å². The van der Waals surface area contributed by atoms with Crippen molar-refractivity contribution in [1.29, 1.82) is 0 Å². The van der Waals surface area contributed by atoms with Gasteiger partial charge in [0.05, 0.1) is 4.92 Å². The summed E-state index contributed by atoms with van der Waals surface area (Å²) in [4.78, 5) is 10.6. The highest BCUT2D eigenvalue weighted by Gasteiger charge is 2.50. The predicted molar refractivity (Wildman–Crippen MR) is 102 cm³/mol. The van der Waals surface area contributed by atoms with E-state index in [9.17, 15) is 10.1 Å². The van der Waals surface area contributed by atoms with Gasteiger partial charge in [0.25, 0.3) is 5.69 Å². The highest BCUT2D eigenvalue weighted by Crippen LogP contribution is 2.55. The molecule has 4 bridgehead atoms. The summed E-state index contributed by atoms with van der Waals surface area (Å²) in [6.07, 6.45) is 11.8. The van der Waals surface area contributed by atoms with Gasteiger partial charge in [-0.2, -0.15) is 0 Å². The molecule has 0 spiro atoms. The molecule has 0 atom stereocenters. The third kappa shape index (κ3) is 2.82. The topological polar surface area (TPSA) is 60.1 Å². The van der Waals surface area contributed by atoms with E-state index in [2.05, 4.69) is 16.1 Å². The van der Waals surface area contributed by atoms with Crippen molar-refractivity contribution in [3.8, 4) is 0 Å². The molecule has 4 fully saturated rings. The lowest BCUT2D eigenvalue weighted by Gasteiger charge is -2.57. The van der Waals surface area contributed by atoms with Crippen molar-refractivity contribution in [3.05, 3.63) is 40.6 Å². The maximum absolute atomic E-state index is 10.9. The molecule has 1 heterocycles. The van der Waals surface area contributed by atoms with E-state index in [0.717, 1.165) is 48.2 Å². The molecule has 4 aliphatic rings. The Morgan fingerprint density at radius 3 is 2.46 bits per heavy atom. The van der Waals surface area contributed by atoms with Crippen LogP contribution in [0.3, 0.4) is 0 Å². The molecule has 2 aromatic rings. The van der Waals surface area contributed by atoms with Crippen LogP contribution in [0.1, 0.15) is 44.9 Å². The van der Waals surface area contributed by atoms with Gasteiger partial charge in [0.15, 0.2) is 0 Å². The van der Waals surface area contributed by atoms with Crippen molar-refractivity contribution in [2.75, 3.05) is 6.54 Å². The van der Waals surface area contributed by atoms with Crippen LogP contribution in [-0.2, 0) is 6.54 Å². The van der Waals surface area contributed by atoms with Crippen LogP contribution in [0.2, 0.25) is 0 Å². The van der Waals surface area contributed by atoms with Gasteiger partial charge in [-0.1, -0.05) is 0 Å². The summed E-state index contributed by atoms with van der Waals surface area (Å²) in [5.41, 5.74) is 1.69. The molecule has 0 saturated heterocycles. The van der Waals surface area contributed by atoms with Crippen molar-refractivity contribution in [3.63, 3.8) is 0 Å². The van der Waals surface area contributed by atoms with Gasteiger partial charge in [-0.05, 0) is 81.4 Å². The fraction of sp³-hybridized carbons (Fsp3) is 0.619. The van der Waals surface area contributed by atoms with Gasteiger partial charge < -0.3 is 9.88 Å². The predicted octanol–water partition coefficient (Wildman–Crippen LogP) is 4.50. The van der Waals surface area contributed by atoms with Gasteiger partial charge in [0.1, 0.15) is 0 Å². The van der Waals surface area contributed by atoms with E-state index in [0.29, 0.717) is 5.54 Å². The van der Waals surface area contributed by atoms with E-state index in [-0.39, 0.29) is 10.6 Å². The Bertz CT molecular complexity index is 806. The van der Waals surface area contributed by atoms with Gasteiger partial charge in [-0.25, -0.2) is 0 Å². The number of benzene rings is 1. The zero-order chi connectivity index (χ0) is 17.7. The largest absolute Gasteiger partial charge is 0.347 e. The molecule has 0 aliphatic heterocycles. The Hall–Kier alpha value is -1.88. The normalized spacial score (nSPS) is 32.4. The number of aryl methyl sites for hydroxylation is 1. The summed E-state index contributed by atoms with van der Waals surface area (Å²) < 4.78 is 2.22. The van der Waals surface area contributed by atoms with Gasteiger partial charge in [0, 0.05) is 41.3 Å². The minimum atomic E-state index is -0.327. The van der Waals surface area contributed by atoms with Gasteiger partial charge in [0.2, 0.25) is 0 Å². The molecule has 1 N–H and O–H groups in total. The number of rotatable bonds is 6. The van der Waals surface area contributed by atoms with Crippen LogP contribution in [0.5, 0.6) is 0 Å². The minimum Gasteiger partial charge on any atom is -0.347 e. The van der Waals surface area contributed by atoms with Crippen molar-refractivity contribution in [2.24, 2.45) is 17.8 Å². The molecular formula is C21H27N3O2. The van der Waals surface area contributed by atoms with Gasteiger partial charge in [-0.15, -0.1) is 0 Å². The summed E-state index contributed by atoms with van der Waals surface area (Å²) >= 11 is 0. The SMILES string of the molecule is O=[N+]([O-])c1ccc2c(ccn2CCCNC23CC4CC(CC(C4)C2)C3)c1. The molecule has 6 rings (SSSR count). The number of fused-ring (bicyclic) bond motifs is 1. The number of hydrogen-bond acceptors (Lipinski definition) is 3. The highest BCUT2D eigenvalue weighted by molar-refractivity contribution is 5.82. The Morgan fingerprint density at radius 1 is 1.12 bits per heavy atom. The van der Waals surface area contributed by atoms with Crippen LogP contribution in [0, 0.1) is 27.9 Å². The standard InChI is InChI=1S/C21H27N3O2/c25-24(26)19-2-3-20-18(11-19)4-7-23(20)6-1-5-22-21-12-15-8-16(13-21)10-17(9-15)14-21/h2-4,7,11,15-17,22H,1,5-6,8-10,12-14H2. The molecule has 138 valence electrons. The molecule has 4 aliphatic carbocycles. The zero-order valence-corrected chi connectivity index (χ0v) is 15.2. The van der Waals surface area contributed by atoms with Crippen LogP contribution in [0.4, 0.5) is 5.69 Å². The summed E-state index contributed by atoms with van der Waals surface area (Å²) in [6.45, 7) is 2.03. The molecule has 4 saturated carbocycles. The minimum absolute atomic E-state index is 0.165. The quantitative estimate of drug-likeness (QED) is 0.472. The van der Waals surface area contributed by atoms with E-state index in [1.54, 1.807) is 12.1 Å². The van der Waals surface area contributed by atoms with Crippen molar-refractivity contribution >= 4 is 16.6 Å². The first-order valence-electron chi connectivity index (χ1n) is 10.1. The van der Waals surface area contributed by atoms with Crippen LogP contribution in [0.25, 0.3) is 10.9 Å². The van der Waals surface area contributed by atoms with Crippen LogP contribution >= 0.6 is 0 Å². The average molecular weight is 353 g/mol. The van der Waals surface area contributed by atoms with Crippen molar-refractivity contribution in [1.82, 2.24) is 9.88 Å². The molecule has 0 amide bonds. The van der Waals surface area contributed by atoms with Crippen LogP contribution in [-0.4, -0.2) is 21.6 Å². The number of hydrogen-bond donors (Lipinski definition) is 1. The number of nitro groups is 1. The van der Waals surface area contributed by atoms with E-state index >= 15 is 0 Å². The second-order valence-corrected chi connectivity index (χ2v) is 8.99. The molecule has 0 radical (unpaired) electrons. The maximum atomic E-state index is 10.9. The number of nitrogens with one attached hydrogen (secondary N) is 1. The lowest BCUT2D eigenvalue weighted by Crippen LogP contribution is -2.58. The lowest BCUT2D eigenvalue weighted by molar-refractivity contribution is -0.384. The average Bonchev–Trinajstić information content (AvgIpc) is 3.00. The van der Waals surface area contributed by atoms with Crippen LogP contribution in [0.15, 0.2) is 30.5 Å². The molecular weight excluding hydrogens is 326 g/mol. The monoisotopic (exact) mass is 353 g/mol. The lowest BCUT2D eigenvalue weighted by atomic mass is 9.53. The van der Waals surface area contributed by atoms with E-state index < -0.39 is 0 Å². The molecule has 1 aromatic heterocycles. The Kier molecular flexibility index (Phi) is 3.82. The van der Waals surface area contributed by atoms with Crippen molar-refractivity contribution in [2.45, 2.75) is 57.0 Å². The molecule has 1 aromatic carbocycles. The molecule has 5 nitrogen and oxygen atoms in total. The third-order valence-corrected chi connectivity index (χ3v) is 7.08. The van der Waals surface area contributed by atoms with E-state index in [4.69, 9.17) is 0 Å². The molecule has 0 unspecified atom stereocenters. The zero-order valence-electron chi connectivity index (χ0n) is 15.2. The van der Waals surface area contributed by atoms with Crippen LogP contribution < -0.4 is 5.32 Å². The van der Waals surface area contributed by atoms with E-state index in [1.165, 1.54) is 38.5 Å². The first-order valence-corrected chi connectivity index (χ1v) is 10.1. The first kappa shape index (κ1) is 16.3. The molecule has 5 heteroatoms. The fourth-order valence-corrected chi connectivity index (χ4v) is 6.43. The highest BCUT2D eigenvalue weighted by atomic mass is 16.6.